The lowest BCUT2D eigenvalue weighted by Crippen LogP contribution is -2.29. The Kier molecular flexibility index (Phi) is 43.5. The van der Waals surface area contributed by atoms with Gasteiger partial charge in [0.25, 0.3) is 0 Å². The molecule has 0 aromatic heterocycles. The van der Waals surface area contributed by atoms with Crippen LogP contribution in [0.4, 0.5) is 0 Å². The summed E-state index contributed by atoms with van der Waals surface area (Å²) in [5.41, 5.74) is 0. The molecule has 0 rings (SSSR count). The van der Waals surface area contributed by atoms with E-state index >= 15 is 0 Å². The molecule has 0 fully saturated rings. The second-order valence-corrected chi connectivity index (χ2v) is 20.2. The molecular formula is C51H92O14P2. The van der Waals surface area contributed by atoms with E-state index in [1.54, 1.807) is 6.08 Å². The molecule has 0 saturated carbocycles. The van der Waals surface area contributed by atoms with Gasteiger partial charge in [0.05, 0.1) is 25.9 Å². The van der Waals surface area contributed by atoms with Gasteiger partial charge < -0.3 is 34.4 Å². The van der Waals surface area contributed by atoms with Crippen LogP contribution in [-0.2, 0) is 41.8 Å². The molecule has 0 aliphatic carbocycles. The zero-order valence-corrected chi connectivity index (χ0v) is 43.3. The Morgan fingerprint density at radius 1 is 0.552 bits per heavy atom. The molecule has 14 nitrogen and oxygen atoms in total. The van der Waals surface area contributed by atoms with E-state index in [4.69, 9.17) is 28.3 Å². The summed E-state index contributed by atoms with van der Waals surface area (Å²) in [6.07, 6.45) is 45.6. The van der Waals surface area contributed by atoms with E-state index in [1.165, 1.54) is 103 Å². The van der Waals surface area contributed by atoms with Gasteiger partial charge in [0.2, 0.25) is 0 Å². The van der Waals surface area contributed by atoms with E-state index in [-0.39, 0.29) is 12.8 Å². The van der Waals surface area contributed by atoms with Gasteiger partial charge in [0.1, 0.15) is 12.7 Å². The fourth-order valence-electron chi connectivity index (χ4n) is 6.79. The zero-order chi connectivity index (χ0) is 49.7. The SMILES string of the molecule is CC/C=C\C(O)C/C=C/C=C\C/C=C\C/C=C\CCCC(=O)O[C@H](COC(=O)CCCCCCCCCCCCCCCCCCCCC(C)CC)COP(=O)(O)OC[C@@H](O)COP(=O)(O)O. The van der Waals surface area contributed by atoms with Gasteiger partial charge in [-0.3, -0.25) is 23.2 Å². The molecule has 0 spiro atoms. The third-order valence-corrected chi connectivity index (χ3v) is 12.5. The molecule has 16 heteroatoms. The second-order valence-electron chi connectivity index (χ2n) is 17.5. The number of rotatable bonds is 47. The maximum Gasteiger partial charge on any atom is 0.472 e. The molecular weight excluding hydrogens is 898 g/mol. The number of unbranched alkanes of at least 4 members (excludes halogenated alkanes) is 18. The van der Waals surface area contributed by atoms with E-state index < -0.39 is 72.3 Å². The van der Waals surface area contributed by atoms with Crippen molar-refractivity contribution in [2.45, 2.75) is 219 Å². The molecule has 0 radical (unpaired) electrons. The van der Waals surface area contributed by atoms with Crippen LogP contribution in [0.25, 0.3) is 0 Å². The van der Waals surface area contributed by atoms with Gasteiger partial charge in [-0.15, -0.1) is 0 Å². The van der Waals surface area contributed by atoms with Crippen LogP contribution >= 0.6 is 15.6 Å². The highest BCUT2D eigenvalue weighted by Crippen LogP contribution is 2.44. The molecule has 0 bridgehead atoms. The van der Waals surface area contributed by atoms with E-state index in [9.17, 15) is 33.8 Å². The summed E-state index contributed by atoms with van der Waals surface area (Å²) in [5, 5.41) is 19.6. The summed E-state index contributed by atoms with van der Waals surface area (Å²) in [6, 6.07) is 0. The zero-order valence-electron chi connectivity index (χ0n) is 41.5. The third kappa shape index (κ3) is 48.6. The van der Waals surface area contributed by atoms with Crippen molar-refractivity contribution in [3.8, 4) is 0 Å². The van der Waals surface area contributed by atoms with Crippen molar-refractivity contribution >= 4 is 27.6 Å². The van der Waals surface area contributed by atoms with Gasteiger partial charge >= 0.3 is 27.6 Å². The lowest BCUT2D eigenvalue weighted by atomic mass is 9.99. The highest BCUT2D eigenvalue weighted by molar-refractivity contribution is 7.47. The van der Waals surface area contributed by atoms with E-state index in [1.807, 2.05) is 61.6 Å². The highest BCUT2D eigenvalue weighted by atomic mass is 31.2. The van der Waals surface area contributed by atoms with Crippen LogP contribution in [0.15, 0.2) is 60.8 Å². The van der Waals surface area contributed by atoms with Gasteiger partial charge in [-0.05, 0) is 50.9 Å². The summed E-state index contributed by atoms with van der Waals surface area (Å²) < 4.78 is 47.9. The van der Waals surface area contributed by atoms with Gasteiger partial charge in [-0.1, -0.05) is 204 Å². The minimum atomic E-state index is -4.88. The van der Waals surface area contributed by atoms with Gasteiger partial charge in [-0.2, -0.15) is 0 Å². The van der Waals surface area contributed by atoms with Crippen LogP contribution in [0.1, 0.15) is 201 Å². The quantitative estimate of drug-likeness (QED) is 0.0126. The first-order valence-corrected chi connectivity index (χ1v) is 28.5. The van der Waals surface area contributed by atoms with Crippen molar-refractivity contribution < 1.29 is 66.7 Å². The number of carbonyl (C=O) groups excluding carboxylic acids is 2. The Bertz CT molecular complexity index is 1440. The summed E-state index contributed by atoms with van der Waals surface area (Å²) >= 11 is 0. The molecule has 0 amide bonds. The normalized spacial score (nSPS) is 15.3. The van der Waals surface area contributed by atoms with E-state index in [0.717, 1.165) is 44.4 Å². The van der Waals surface area contributed by atoms with Crippen LogP contribution in [0.5, 0.6) is 0 Å². The molecule has 67 heavy (non-hydrogen) atoms. The summed E-state index contributed by atoms with van der Waals surface area (Å²) in [4.78, 5) is 52.9. The van der Waals surface area contributed by atoms with Gasteiger partial charge in [0.15, 0.2) is 6.10 Å². The van der Waals surface area contributed by atoms with Crippen molar-refractivity contribution in [2.75, 3.05) is 26.4 Å². The molecule has 3 unspecified atom stereocenters. The number of aliphatic hydroxyl groups is 2. The average molecular weight is 991 g/mol. The number of carbonyl (C=O) groups is 2. The number of phosphoric ester groups is 2. The number of phosphoric acid groups is 2. The van der Waals surface area contributed by atoms with Crippen molar-refractivity contribution in [1.29, 1.82) is 0 Å². The molecule has 0 saturated heterocycles. The molecule has 0 aliphatic rings. The molecule has 5 atom stereocenters. The lowest BCUT2D eigenvalue weighted by molar-refractivity contribution is -0.161. The molecule has 0 heterocycles. The molecule has 0 aromatic carbocycles. The van der Waals surface area contributed by atoms with E-state index in [0.29, 0.717) is 25.7 Å². The van der Waals surface area contributed by atoms with Crippen molar-refractivity contribution in [3.05, 3.63) is 60.8 Å². The Balaban J connectivity index is 4.48. The van der Waals surface area contributed by atoms with E-state index in [2.05, 4.69) is 18.4 Å². The molecule has 0 aromatic rings. The topological polar surface area (TPSA) is 216 Å². The van der Waals surface area contributed by atoms with Crippen LogP contribution in [0.3, 0.4) is 0 Å². The Labute approximate surface area is 404 Å². The number of ether oxygens (including phenoxy) is 2. The Morgan fingerprint density at radius 3 is 1.61 bits per heavy atom. The maximum absolute atomic E-state index is 12.7. The Hall–Kier alpha value is -2.22. The lowest BCUT2D eigenvalue weighted by Gasteiger charge is -2.20. The number of hydrogen-bond acceptors (Lipinski definition) is 11. The smallest absolute Gasteiger partial charge is 0.462 e. The standard InChI is InChI=1S/C51H92O14P2/c1-4-6-38-47(52)39-34-30-26-22-18-15-16-20-24-28-32-36-41-51(55)65-49(45-64-67(59,60)63-43-48(53)42-62-66(56,57)58)44-61-50(54)40-35-31-27-23-19-14-12-10-8-7-9-11-13-17-21-25-29-33-37-46(3)5-2/h6,15-16,22,24,26,28,30,34,38,46-49,52-53H,4-5,7-14,17-21,23,25,27,29,31-33,35-37,39-45H2,1-3H3,(H,59,60)(H2,56,57,58)/b16-15-,26-22-,28-24-,34-30+,38-6-/t46?,47?,48-,49+/m0/s1. The predicted molar refractivity (Wildman–Crippen MR) is 268 cm³/mol. The number of aliphatic hydroxyl groups excluding tert-OH is 2. The third-order valence-electron chi connectivity index (χ3n) is 11.0. The largest absolute Gasteiger partial charge is 0.472 e. The van der Waals surface area contributed by atoms with Crippen LogP contribution in [0.2, 0.25) is 0 Å². The average Bonchev–Trinajstić information content (AvgIpc) is 3.29. The fraction of sp³-hybridized carbons (Fsp3) is 0.765. The predicted octanol–water partition coefficient (Wildman–Crippen LogP) is 12.8. The van der Waals surface area contributed by atoms with Crippen LogP contribution < -0.4 is 0 Å². The minimum Gasteiger partial charge on any atom is -0.462 e. The van der Waals surface area contributed by atoms with Gasteiger partial charge in [-0.25, -0.2) is 9.13 Å². The van der Waals surface area contributed by atoms with Crippen LogP contribution in [0, 0.1) is 5.92 Å². The first-order valence-electron chi connectivity index (χ1n) is 25.5. The summed E-state index contributed by atoms with van der Waals surface area (Å²) in [7, 11) is -9.72. The van der Waals surface area contributed by atoms with Gasteiger partial charge in [0, 0.05) is 12.8 Å². The number of esters is 2. The molecule has 5 N–H and O–H groups in total. The molecule has 0 aliphatic heterocycles. The first kappa shape index (κ1) is 64.8. The monoisotopic (exact) mass is 991 g/mol. The summed E-state index contributed by atoms with van der Waals surface area (Å²) in [5.74, 6) is -0.238. The second kappa shape index (κ2) is 45.0. The van der Waals surface area contributed by atoms with Crippen LogP contribution in [-0.4, -0.2) is 81.6 Å². The highest BCUT2D eigenvalue weighted by Gasteiger charge is 2.28. The number of hydrogen-bond donors (Lipinski definition) is 5. The molecule has 390 valence electrons. The van der Waals surface area contributed by atoms with Crippen molar-refractivity contribution in [1.82, 2.24) is 0 Å². The maximum atomic E-state index is 12.7. The Morgan fingerprint density at radius 2 is 1.04 bits per heavy atom. The van der Waals surface area contributed by atoms with Crippen molar-refractivity contribution in [2.24, 2.45) is 5.92 Å². The first-order chi connectivity index (χ1) is 32.2. The summed E-state index contributed by atoms with van der Waals surface area (Å²) in [6.45, 7) is 3.86. The number of allylic oxidation sites excluding steroid dienone is 8. The fourth-order valence-corrected chi connectivity index (χ4v) is 7.95. The minimum absolute atomic E-state index is 0.0347. The van der Waals surface area contributed by atoms with Crippen molar-refractivity contribution in [3.63, 3.8) is 0 Å².